The van der Waals surface area contributed by atoms with E-state index in [9.17, 15) is 9.59 Å². The van der Waals surface area contributed by atoms with Crippen LogP contribution in [0.3, 0.4) is 0 Å². The predicted molar refractivity (Wildman–Crippen MR) is 149 cm³/mol. The Balaban J connectivity index is 1.43. The highest BCUT2D eigenvalue weighted by molar-refractivity contribution is 6.24. The molecule has 0 fully saturated rings. The van der Waals surface area contributed by atoms with Gasteiger partial charge in [0.25, 0.3) is 0 Å². The van der Waals surface area contributed by atoms with Crippen LogP contribution in [0.5, 0.6) is 0 Å². The van der Waals surface area contributed by atoms with Crippen molar-refractivity contribution in [3.63, 3.8) is 0 Å². The number of carbonyl (C=O) groups is 2. The lowest BCUT2D eigenvalue weighted by Gasteiger charge is -2.14. The number of carbonyl (C=O) groups excluding carboxylic acids is 2. The van der Waals surface area contributed by atoms with E-state index in [1.54, 1.807) is 24.5 Å². The fourth-order valence-electron chi connectivity index (χ4n) is 4.36. The molecular weight excluding hydrogens is 460 g/mol. The molecule has 5 aromatic rings. The van der Waals surface area contributed by atoms with Gasteiger partial charge in [-0.25, -0.2) is 4.98 Å². The third-order valence-corrected chi connectivity index (χ3v) is 6.42. The van der Waals surface area contributed by atoms with E-state index in [0.29, 0.717) is 33.4 Å². The first-order chi connectivity index (χ1) is 18.0. The van der Waals surface area contributed by atoms with Crippen LogP contribution in [0.2, 0.25) is 0 Å². The number of primary amides is 1. The molecule has 0 aliphatic heterocycles. The van der Waals surface area contributed by atoms with Crippen LogP contribution in [-0.4, -0.2) is 21.8 Å². The van der Waals surface area contributed by atoms with Gasteiger partial charge in [-0.15, -0.1) is 0 Å². The number of pyridine rings is 1. The van der Waals surface area contributed by atoms with Crippen molar-refractivity contribution in [2.24, 2.45) is 5.73 Å². The van der Waals surface area contributed by atoms with Gasteiger partial charge < -0.3 is 16.0 Å². The van der Waals surface area contributed by atoms with Crippen molar-refractivity contribution in [1.29, 1.82) is 0 Å². The number of hydrogen-bond acceptors (Lipinski definition) is 3. The number of anilines is 1. The predicted octanol–water partition coefficient (Wildman–Crippen LogP) is 6.00. The minimum Gasteiger partial charge on any atom is -0.366 e. The zero-order valence-corrected chi connectivity index (χ0v) is 20.3. The van der Waals surface area contributed by atoms with Gasteiger partial charge in [-0.05, 0) is 41.3 Å². The summed E-state index contributed by atoms with van der Waals surface area (Å²) in [5, 5.41) is 3.76. The number of benzene rings is 3. The second kappa shape index (κ2) is 10.3. The molecule has 5 rings (SSSR count). The Labute approximate surface area is 214 Å². The first kappa shape index (κ1) is 23.8. The molecule has 37 heavy (non-hydrogen) atoms. The minimum atomic E-state index is -0.539. The van der Waals surface area contributed by atoms with E-state index in [0.717, 1.165) is 16.7 Å². The summed E-state index contributed by atoms with van der Waals surface area (Å²) >= 11 is 0. The van der Waals surface area contributed by atoms with E-state index in [1.165, 1.54) is 0 Å². The number of fused-ring (bicyclic) bond motifs is 1. The van der Waals surface area contributed by atoms with E-state index in [1.807, 2.05) is 79.7 Å². The highest BCUT2D eigenvalue weighted by atomic mass is 16.2. The molecule has 2 amide bonds. The van der Waals surface area contributed by atoms with Crippen LogP contribution in [0.1, 0.15) is 29.5 Å². The van der Waals surface area contributed by atoms with Gasteiger partial charge in [0.1, 0.15) is 5.65 Å². The van der Waals surface area contributed by atoms with Crippen LogP contribution in [0, 0.1) is 0 Å². The third-order valence-electron chi connectivity index (χ3n) is 6.42. The molecule has 0 radical (unpaired) electrons. The Morgan fingerprint density at radius 1 is 0.892 bits per heavy atom. The summed E-state index contributed by atoms with van der Waals surface area (Å²) in [5.74, 6) is -1.06. The zero-order chi connectivity index (χ0) is 25.8. The molecule has 3 aromatic carbocycles. The molecule has 4 N–H and O–H groups in total. The standard InChI is InChI=1S/C31H26N4O2/c1-20(21-12-14-23(15-13-21)22-8-4-2-5-9-22)31(37)35-27-16-17-33-30-28(27)25(19-34-30)18-26(29(32)36)24-10-6-3-7-11-24/h2-20H,1H3,(H2,32,36)(H2,33,34,35,37)/b26-18+. The zero-order valence-electron chi connectivity index (χ0n) is 20.3. The molecule has 1 atom stereocenters. The second-order valence-electron chi connectivity index (χ2n) is 8.81. The van der Waals surface area contributed by atoms with Gasteiger partial charge in [-0.3, -0.25) is 9.59 Å². The van der Waals surface area contributed by atoms with Gasteiger partial charge in [-0.2, -0.15) is 0 Å². The van der Waals surface area contributed by atoms with E-state index in [2.05, 4.69) is 27.4 Å². The average Bonchev–Trinajstić information content (AvgIpc) is 3.36. The highest BCUT2D eigenvalue weighted by Gasteiger charge is 2.19. The van der Waals surface area contributed by atoms with E-state index in [-0.39, 0.29) is 11.8 Å². The van der Waals surface area contributed by atoms with Crippen LogP contribution >= 0.6 is 0 Å². The molecular formula is C31H26N4O2. The molecule has 0 saturated carbocycles. The quantitative estimate of drug-likeness (QED) is 0.246. The number of nitrogens with two attached hydrogens (primary N) is 1. The summed E-state index contributed by atoms with van der Waals surface area (Å²) in [5.41, 5.74) is 11.8. The molecule has 0 saturated heterocycles. The van der Waals surface area contributed by atoms with E-state index in [4.69, 9.17) is 5.73 Å². The van der Waals surface area contributed by atoms with Gasteiger partial charge in [-0.1, -0.05) is 84.9 Å². The van der Waals surface area contributed by atoms with Crippen LogP contribution in [0.4, 0.5) is 5.69 Å². The second-order valence-corrected chi connectivity index (χ2v) is 8.81. The third kappa shape index (κ3) is 5.04. The summed E-state index contributed by atoms with van der Waals surface area (Å²) in [7, 11) is 0. The molecule has 0 spiro atoms. The molecule has 0 aliphatic rings. The normalized spacial score (nSPS) is 12.3. The first-order valence-electron chi connectivity index (χ1n) is 12.0. The lowest BCUT2D eigenvalue weighted by atomic mass is 9.96. The lowest BCUT2D eigenvalue weighted by Crippen LogP contribution is -2.19. The summed E-state index contributed by atoms with van der Waals surface area (Å²) in [4.78, 5) is 33.0. The molecule has 6 heteroatoms. The van der Waals surface area contributed by atoms with Gasteiger partial charge in [0.2, 0.25) is 11.8 Å². The van der Waals surface area contributed by atoms with Crippen molar-refractivity contribution >= 4 is 40.2 Å². The van der Waals surface area contributed by atoms with Gasteiger partial charge in [0.05, 0.1) is 11.6 Å². The number of amides is 2. The number of hydrogen-bond donors (Lipinski definition) is 3. The maximum absolute atomic E-state index is 13.3. The summed E-state index contributed by atoms with van der Waals surface area (Å²) in [6, 6.07) is 29.1. The van der Waals surface area contributed by atoms with Crippen LogP contribution in [0.25, 0.3) is 33.8 Å². The van der Waals surface area contributed by atoms with Crippen molar-refractivity contribution < 1.29 is 9.59 Å². The van der Waals surface area contributed by atoms with Gasteiger partial charge in [0.15, 0.2) is 0 Å². The maximum atomic E-state index is 13.3. The molecule has 1 unspecified atom stereocenters. The Bertz CT molecular complexity index is 1590. The van der Waals surface area contributed by atoms with Gasteiger partial charge in [0, 0.05) is 28.9 Å². The summed E-state index contributed by atoms with van der Waals surface area (Å²) in [6.07, 6.45) is 5.11. The van der Waals surface area contributed by atoms with Gasteiger partial charge >= 0.3 is 0 Å². The van der Waals surface area contributed by atoms with Crippen molar-refractivity contribution in [3.8, 4) is 11.1 Å². The highest BCUT2D eigenvalue weighted by Crippen LogP contribution is 2.30. The lowest BCUT2D eigenvalue weighted by molar-refractivity contribution is -0.117. The Morgan fingerprint density at radius 2 is 1.54 bits per heavy atom. The number of aromatic amines is 1. The fourth-order valence-corrected chi connectivity index (χ4v) is 4.36. The minimum absolute atomic E-state index is 0.144. The Hall–Kier alpha value is -4.97. The van der Waals surface area contributed by atoms with Crippen LogP contribution < -0.4 is 11.1 Å². The summed E-state index contributed by atoms with van der Waals surface area (Å²) in [6.45, 7) is 1.88. The molecule has 0 bridgehead atoms. The SMILES string of the molecule is CC(C(=O)Nc1ccnc2[nH]cc(/C=C(/C(N)=O)c3ccccc3)c12)c1ccc(-c2ccccc2)cc1. The maximum Gasteiger partial charge on any atom is 0.249 e. The number of aromatic nitrogens is 2. The molecule has 6 nitrogen and oxygen atoms in total. The smallest absolute Gasteiger partial charge is 0.249 e. The number of nitrogens with zero attached hydrogens (tertiary/aromatic N) is 1. The number of H-pyrrole nitrogens is 1. The monoisotopic (exact) mass is 486 g/mol. The largest absolute Gasteiger partial charge is 0.366 e. The molecule has 0 aliphatic carbocycles. The molecule has 2 aromatic heterocycles. The van der Waals surface area contributed by atoms with Crippen molar-refractivity contribution in [2.75, 3.05) is 5.32 Å². The van der Waals surface area contributed by atoms with E-state index >= 15 is 0 Å². The molecule has 2 heterocycles. The van der Waals surface area contributed by atoms with E-state index < -0.39 is 5.91 Å². The van der Waals surface area contributed by atoms with Crippen molar-refractivity contribution in [1.82, 2.24) is 9.97 Å². The van der Waals surface area contributed by atoms with Crippen molar-refractivity contribution in [2.45, 2.75) is 12.8 Å². The fraction of sp³-hybridized carbons (Fsp3) is 0.0645. The van der Waals surface area contributed by atoms with Crippen molar-refractivity contribution in [3.05, 3.63) is 120 Å². The summed E-state index contributed by atoms with van der Waals surface area (Å²) < 4.78 is 0. The first-order valence-corrected chi connectivity index (χ1v) is 12.0. The topological polar surface area (TPSA) is 101 Å². The Morgan fingerprint density at radius 3 is 2.22 bits per heavy atom. The average molecular weight is 487 g/mol. The number of rotatable bonds is 7. The Kier molecular flexibility index (Phi) is 6.64. The van der Waals surface area contributed by atoms with Crippen LogP contribution in [0.15, 0.2) is 103 Å². The van der Waals surface area contributed by atoms with Crippen LogP contribution in [-0.2, 0) is 9.59 Å². The molecule has 182 valence electrons. The number of nitrogens with one attached hydrogen (secondary N) is 2.